The fourth-order valence-electron chi connectivity index (χ4n) is 2.08. The van der Waals surface area contributed by atoms with Crippen molar-refractivity contribution in [3.63, 3.8) is 0 Å². The molecule has 0 aliphatic carbocycles. The van der Waals surface area contributed by atoms with E-state index in [0.717, 1.165) is 5.56 Å². The van der Waals surface area contributed by atoms with E-state index in [0.29, 0.717) is 5.56 Å². The Hall–Kier alpha value is -1.63. The Morgan fingerprint density at radius 1 is 0.765 bits per heavy atom. The van der Waals surface area contributed by atoms with Gasteiger partial charge in [0.25, 0.3) is 0 Å². The number of rotatable bonds is 1. The van der Waals surface area contributed by atoms with E-state index >= 15 is 0 Å². The highest BCUT2D eigenvalue weighted by Gasteiger charge is 2.07. The third-order valence-electron chi connectivity index (χ3n) is 3.53. The third-order valence-corrected chi connectivity index (χ3v) is 3.53. The molecule has 0 heterocycles. The Morgan fingerprint density at radius 3 is 2.12 bits per heavy atom. The SMILES string of the molecule is Cc1cc(-c2ccc(C)c(C)c2C)ccc1F. The largest absolute Gasteiger partial charge is 0.207 e. The molecule has 0 spiro atoms. The molecule has 0 N–H and O–H groups in total. The van der Waals surface area contributed by atoms with Crippen LogP contribution in [0.5, 0.6) is 0 Å². The van der Waals surface area contributed by atoms with Crippen molar-refractivity contribution in [2.24, 2.45) is 0 Å². The van der Waals surface area contributed by atoms with Gasteiger partial charge in [-0.1, -0.05) is 18.2 Å². The lowest BCUT2D eigenvalue weighted by molar-refractivity contribution is 0.619. The first-order valence-electron chi connectivity index (χ1n) is 5.84. The molecule has 0 radical (unpaired) electrons. The van der Waals surface area contributed by atoms with Crippen LogP contribution in [0, 0.1) is 33.5 Å². The zero-order valence-electron chi connectivity index (χ0n) is 10.8. The second kappa shape index (κ2) is 4.33. The molecule has 0 atom stereocenters. The van der Waals surface area contributed by atoms with E-state index in [4.69, 9.17) is 0 Å². The summed E-state index contributed by atoms with van der Waals surface area (Å²) in [5.41, 5.74) is 6.85. The van der Waals surface area contributed by atoms with Gasteiger partial charge in [-0.3, -0.25) is 0 Å². The first-order chi connectivity index (χ1) is 8.00. The second-order valence-corrected chi connectivity index (χ2v) is 4.64. The Balaban J connectivity index is 2.61. The molecule has 0 aliphatic heterocycles. The van der Waals surface area contributed by atoms with Gasteiger partial charge in [0.05, 0.1) is 0 Å². The smallest absolute Gasteiger partial charge is 0.126 e. The van der Waals surface area contributed by atoms with Gasteiger partial charge in [-0.15, -0.1) is 0 Å². The van der Waals surface area contributed by atoms with Gasteiger partial charge < -0.3 is 0 Å². The maximum Gasteiger partial charge on any atom is 0.126 e. The van der Waals surface area contributed by atoms with Crippen LogP contribution >= 0.6 is 0 Å². The molecule has 2 aromatic rings. The number of benzene rings is 2. The molecule has 0 aliphatic rings. The number of hydrogen-bond donors (Lipinski definition) is 0. The number of halogens is 1. The van der Waals surface area contributed by atoms with Gasteiger partial charge >= 0.3 is 0 Å². The molecule has 2 aromatic carbocycles. The molecule has 0 bridgehead atoms. The standard InChI is InChI=1S/C16H17F/c1-10-5-7-15(13(4)12(10)3)14-6-8-16(17)11(2)9-14/h5-9H,1-4H3. The highest BCUT2D eigenvalue weighted by Crippen LogP contribution is 2.28. The van der Waals surface area contributed by atoms with Gasteiger partial charge in [-0.2, -0.15) is 0 Å². The average molecular weight is 228 g/mol. The highest BCUT2D eigenvalue weighted by molar-refractivity contribution is 5.69. The summed E-state index contributed by atoms with van der Waals surface area (Å²) >= 11 is 0. The summed E-state index contributed by atoms with van der Waals surface area (Å²) in [7, 11) is 0. The summed E-state index contributed by atoms with van der Waals surface area (Å²) in [6.07, 6.45) is 0. The molecule has 88 valence electrons. The van der Waals surface area contributed by atoms with E-state index in [1.54, 1.807) is 13.0 Å². The second-order valence-electron chi connectivity index (χ2n) is 4.64. The van der Waals surface area contributed by atoms with Crippen molar-refractivity contribution in [1.82, 2.24) is 0 Å². The zero-order chi connectivity index (χ0) is 12.6. The van der Waals surface area contributed by atoms with E-state index < -0.39 is 0 Å². The molecule has 0 unspecified atom stereocenters. The van der Waals surface area contributed by atoms with Crippen LogP contribution in [0.2, 0.25) is 0 Å². The average Bonchev–Trinajstić information content (AvgIpc) is 2.30. The van der Waals surface area contributed by atoms with Crippen LogP contribution in [-0.4, -0.2) is 0 Å². The molecule has 0 aromatic heterocycles. The minimum absolute atomic E-state index is 0.143. The van der Waals surface area contributed by atoms with Gasteiger partial charge in [0.15, 0.2) is 0 Å². The van der Waals surface area contributed by atoms with Crippen molar-refractivity contribution >= 4 is 0 Å². The Bertz CT molecular complexity index is 568. The molecule has 0 saturated carbocycles. The molecule has 0 saturated heterocycles. The predicted molar refractivity (Wildman–Crippen MR) is 70.8 cm³/mol. The normalized spacial score (nSPS) is 10.6. The van der Waals surface area contributed by atoms with Gasteiger partial charge in [0.1, 0.15) is 5.82 Å². The maximum atomic E-state index is 13.3. The van der Waals surface area contributed by atoms with E-state index in [9.17, 15) is 4.39 Å². The van der Waals surface area contributed by atoms with E-state index in [2.05, 4.69) is 32.9 Å². The summed E-state index contributed by atoms with van der Waals surface area (Å²) in [6, 6.07) is 9.53. The van der Waals surface area contributed by atoms with Crippen LogP contribution in [0.15, 0.2) is 30.3 Å². The van der Waals surface area contributed by atoms with Gasteiger partial charge in [-0.05, 0) is 73.2 Å². The zero-order valence-corrected chi connectivity index (χ0v) is 10.8. The van der Waals surface area contributed by atoms with Gasteiger partial charge in [0.2, 0.25) is 0 Å². The molecule has 17 heavy (non-hydrogen) atoms. The topological polar surface area (TPSA) is 0 Å². The van der Waals surface area contributed by atoms with Crippen molar-refractivity contribution < 1.29 is 4.39 Å². The number of hydrogen-bond acceptors (Lipinski definition) is 0. The summed E-state index contributed by atoms with van der Waals surface area (Å²) < 4.78 is 13.3. The quantitative estimate of drug-likeness (QED) is 0.662. The molecule has 2 rings (SSSR count). The monoisotopic (exact) mass is 228 g/mol. The van der Waals surface area contributed by atoms with E-state index in [-0.39, 0.29) is 5.82 Å². The van der Waals surface area contributed by atoms with Crippen molar-refractivity contribution in [3.8, 4) is 11.1 Å². The summed E-state index contributed by atoms with van der Waals surface area (Å²) in [4.78, 5) is 0. The maximum absolute atomic E-state index is 13.3. The minimum atomic E-state index is -0.143. The Kier molecular flexibility index (Phi) is 3.01. The van der Waals surface area contributed by atoms with E-state index in [1.807, 2.05) is 12.1 Å². The highest BCUT2D eigenvalue weighted by atomic mass is 19.1. The lowest BCUT2D eigenvalue weighted by Crippen LogP contribution is -1.92. The fourth-order valence-corrected chi connectivity index (χ4v) is 2.08. The van der Waals surface area contributed by atoms with Crippen LogP contribution in [0.1, 0.15) is 22.3 Å². The minimum Gasteiger partial charge on any atom is -0.207 e. The molecular weight excluding hydrogens is 211 g/mol. The molecule has 0 amide bonds. The first-order valence-corrected chi connectivity index (χ1v) is 5.84. The summed E-state index contributed by atoms with van der Waals surface area (Å²) in [6.45, 7) is 8.16. The number of aryl methyl sites for hydroxylation is 2. The lowest BCUT2D eigenvalue weighted by Gasteiger charge is -2.12. The van der Waals surface area contributed by atoms with Crippen molar-refractivity contribution in [3.05, 3.63) is 58.4 Å². The van der Waals surface area contributed by atoms with Crippen LogP contribution in [0.3, 0.4) is 0 Å². The van der Waals surface area contributed by atoms with Gasteiger partial charge in [-0.25, -0.2) is 4.39 Å². The lowest BCUT2D eigenvalue weighted by atomic mass is 9.93. The third kappa shape index (κ3) is 2.10. The van der Waals surface area contributed by atoms with E-state index in [1.165, 1.54) is 22.3 Å². The predicted octanol–water partition coefficient (Wildman–Crippen LogP) is 4.73. The van der Waals surface area contributed by atoms with Gasteiger partial charge in [0, 0.05) is 0 Å². The van der Waals surface area contributed by atoms with Crippen LogP contribution in [0.4, 0.5) is 4.39 Å². The Morgan fingerprint density at radius 2 is 1.47 bits per heavy atom. The molecule has 1 heteroatoms. The van der Waals surface area contributed by atoms with Crippen molar-refractivity contribution in [2.75, 3.05) is 0 Å². The van der Waals surface area contributed by atoms with Crippen molar-refractivity contribution in [2.45, 2.75) is 27.7 Å². The van der Waals surface area contributed by atoms with Crippen LogP contribution in [0.25, 0.3) is 11.1 Å². The molecule has 0 nitrogen and oxygen atoms in total. The summed E-state index contributed by atoms with van der Waals surface area (Å²) in [5.74, 6) is -0.143. The van der Waals surface area contributed by atoms with Crippen molar-refractivity contribution in [1.29, 1.82) is 0 Å². The molecular formula is C16H17F. The van der Waals surface area contributed by atoms with Crippen LogP contribution in [-0.2, 0) is 0 Å². The Labute approximate surface area is 102 Å². The first kappa shape index (κ1) is 11.8. The fraction of sp³-hybridized carbons (Fsp3) is 0.250. The van der Waals surface area contributed by atoms with Crippen LogP contribution < -0.4 is 0 Å². The molecule has 0 fully saturated rings. The summed E-state index contributed by atoms with van der Waals surface area (Å²) in [5, 5.41) is 0.